The van der Waals surface area contributed by atoms with Crippen molar-refractivity contribution in [1.29, 1.82) is 0 Å². The average Bonchev–Trinajstić information content (AvgIpc) is 3.43. The van der Waals surface area contributed by atoms with Gasteiger partial charge in [0.15, 0.2) is 13.1 Å². The fourth-order valence-corrected chi connectivity index (χ4v) is 22.7. The maximum absolute atomic E-state index is 13.1. The minimum atomic E-state index is -1.23. The lowest BCUT2D eigenvalue weighted by atomic mass is 10.1. The first-order chi connectivity index (χ1) is 38.0. The van der Waals surface area contributed by atoms with Gasteiger partial charge in [0.1, 0.15) is 21.0 Å². The maximum atomic E-state index is 13.1. The number of esters is 4. The van der Waals surface area contributed by atoms with Crippen LogP contribution < -0.4 is 0 Å². The van der Waals surface area contributed by atoms with Crippen molar-refractivity contribution < 1.29 is 47.2 Å². The van der Waals surface area contributed by atoms with Crippen molar-refractivity contribution in [2.75, 3.05) is 39.6 Å². The summed E-state index contributed by atoms with van der Waals surface area (Å²) in [5.41, 5.74) is 0. The third kappa shape index (κ3) is 51.7. The molecule has 4 unspecified atom stereocenters. The van der Waals surface area contributed by atoms with Gasteiger partial charge >= 0.3 is 23.9 Å². The zero-order chi connectivity index (χ0) is 57.4. The number of hydrogen-bond acceptors (Lipinski definition) is 14. The zero-order valence-electron chi connectivity index (χ0n) is 51.4. The van der Waals surface area contributed by atoms with Gasteiger partial charge in [-0.15, -0.1) is 0 Å². The van der Waals surface area contributed by atoms with Crippen LogP contribution >= 0.6 is 58.6 Å². The summed E-state index contributed by atoms with van der Waals surface area (Å²) >= 11 is 5.87. The first kappa shape index (κ1) is 78.1. The highest BCUT2D eigenvalue weighted by atomic mass is 33.1. The normalized spacial score (nSPS) is 13.9. The second-order valence-corrected chi connectivity index (χ2v) is 34.5. The van der Waals surface area contributed by atoms with Gasteiger partial charge in [-0.3, -0.25) is 19.2 Å². The van der Waals surface area contributed by atoms with E-state index in [9.17, 15) is 19.2 Å². The van der Waals surface area contributed by atoms with Crippen molar-refractivity contribution in [3.8, 4) is 0 Å². The molecular weight excluding hydrogens is 1090 g/mol. The maximum Gasteiger partial charge on any atom is 0.319 e. The van der Waals surface area contributed by atoms with Gasteiger partial charge in [-0.1, -0.05) is 292 Å². The van der Waals surface area contributed by atoms with Crippen LogP contribution in [0.25, 0.3) is 0 Å². The smallest absolute Gasteiger partial charge is 0.319 e. The minimum Gasteiger partial charge on any atom is -0.465 e. The quantitative estimate of drug-likeness (QED) is 0.0248. The molecule has 0 fully saturated rings. The summed E-state index contributed by atoms with van der Waals surface area (Å²) in [6.45, 7) is 16.8. The Labute approximate surface area is 499 Å². The van der Waals surface area contributed by atoms with Crippen LogP contribution in [0.1, 0.15) is 312 Å². The van der Waals surface area contributed by atoms with Crippen LogP contribution in [0, 0.1) is 0 Å². The van der Waals surface area contributed by atoms with Gasteiger partial charge in [-0.05, 0) is 66.2 Å². The lowest BCUT2D eigenvalue weighted by Gasteiger charge is -2.22. The van der Waals surface area contributed by atoms with E-state index in [1.54, 1.807) is 0 Å². The minimum absolute atomic E-state index is 0.228. The molecule has 0 amide bonds. The summed E-state index contributed by atoms with van der Waals surface area (Å²) in [7, 11) is 0. The Morgan fingerprint density at radius 1 is 0.256 bits per heavy atom. The van der Waals surface area contributed by atoms with E-state index in [-0.39, 0.29) is 23.9 Å². The van der Waals surface area contributed by atoms with E-state index >= 15 is 0 Å². The Balaban J connectivity index is 5.23. The topological polar surface area (TPSA) is 124 Å². The first-order valence-corrected chi connectivity index (χ1v) is 40.7. The van der Waals surface area contributed by atoms with Gasteiger partial charge in [0, 0.05) is 0 Å². The van der Waals surface area contributed by atoms with Crippen LogP contribution in [0.2, 0.25) is 0 Å². The molecule has 0 saturated heterocycles. The molecule has 462 valence electrons. The number of ether oxygens (including phenoxy) is 4. The van der Waals surface area contributed by atoms with Crippen LogP contribution in [-0.4, -0.2) is 84.5 Å². The highest BCUT2D eigenvalue weighted by molar-refractivity contribution is 8.87. The summed E-state index contributed by atoms with van der Waals surface area (Å²) in [5.74, 6) is -0.912. The van der Waals surface area contributed by atoms with Crippen LogP contribution in [-0.2, 0) is 47.2 Å². The van der Waals surface area contributed by atoms with Gasteiger partial charge in [-0.25, -0.2) is 0 Å². The molecule has 0 radical (unpaired) electrons. The lowest BCUT2D eigenvalue weighted by Crippen LogP contribution is -2.19. The van der Waals surface area contributed by atoms with E-state index < -0.39 is 34.1 Å². The lowest BCUT2D eigenvalue weighted by molar-refractivity contribution is -0.143. The van der Waals surface area contributed by atoms with Crippen LogP contribution in [0.15, 0.2) is 0 Å². The van der Waals surface area contributed by atoms with Crippen molar-refractivity contribution in [3.63, 3.8) is 0 Å². The number of hydrogen-bond donors (Lipinski definition) is 0. The highest BCUT2D eigenvalue weighted by Gasteiger charge is 2.29. The molecule has 0 saturated carbocycles. The first-order valence-electron chi connectivity index (χ1n) is 32.2. The number of unbranched alkanes of at least 4 members (excludes halogenated alkanes) is 35. The number of carbonyl (C=O) groups excluding carboxylic acids is 4. The highest BCUT2D eigenvalue weighted by Crippen LogP contribution is 2.66. The third-order valence-electron chi connectivity index (χ3n) is 13.7. The average molecular weight is 1220 g/mol. The Morgan fingerprint density at radius 3 is 0.590 bits per heavy atom. The molecule has 0 spiro atoms. The molecule has 0 aliphatic carbocycles. The van der Waals surface area contributed by atoms with Gasteiger partial charge in [-0.2, -0.15) is 0 Å². The van der Waals surface area contributed by atoms with E-state index in [0.717, 1.165) is 77.0 Å². The van der Waals surface area contributed by atoms with E-state index in [1.165, 1.54) is 225 Å². The van der Waals surface area contributed by atoms with Gasteiger partial charge in [0.2, 0.25) is 0 Å². The van der Waals surface area contributed by atoms with Gasteiger partial charge in [0.05, 0.1) is 39.6 Å². The Morgan fingerprint density at radius 2 is 0.410 bits per heavy atom. The van der Waals surface area contributed by atoms with Crippen molar-refractivity contribution in [2.24, 2.45) is 0 Å². The van der Waals surface area contributed by atoms with Gasteiger partial charge in [0.25, 0.3) is 0 Å². The third-order valence-corrected chi connectivity index (χ3v) is 27.4. The molecule has 10 nitrogen and oxygen atoms in total. The molecular formula is C62H120O10P2S4. The molecule has 16 heteroatoms. The molecule has 0 aromatic carbocycles. The molecule has 0 N–H and O–H groups in total. The second-order valence-electron chi connectivity index (χ2n) is 21.5. The van der Waals surface area contributed by atoms with Crippen molar-refractivity contribution in [2.45, 2.75) is 333 Å². The van der Waals surface area contributed by atoms with E-state index in [0.29, 0.717) is 39.6 Å². The SMILES string of the molecule is CCCCCCCCCCCOC(=O)C(C)SP(OCCCCCCOP(SC(C)C(=O)OCCCCCCCCCCC)SC(C)C(=O)OCCCCCCCCCCC)SC(C)C(=O)OCCCCCCCCCCC. The molecule has 0 rings (SSSR count). The summed E-state index contributed by atoms with van der Waals surface area (Å²) in [5, 5.41) is -1.65. The Hall–Kier alpha value is 0.0600. The molecule has 0 bridgehead atoms. The molecule has 78 heavy (non-hydrogen) atoms. The van der Waals surface area contributed by atoms with E-state index in [2.05, 4.69) is 27.7 Å². The summed E-state index contributed by atoms with van der Waals surface area (Å²) in [6.07, 6.45) is 47.0. The van der Waals surface area contributed by atoms with Gasteiger partial charge < -0.3 is 28.0 Å². The molecule has 4 atom stereocenters. The molecule has 0 aliphatic heterocycles. The molecule has 0 heterocycles. The predicted molar refractivity (Wildman–Crippen MR) is 345 cm³/mol. The monoisotopic (exact) mass is 1210 g/mol. The van der Waals surface area contributed by atoms with Crippen LogP contribution in [0.3, 0.4) is 0 Å². The van der Waals surface area contributed by atoms with E-state index in [1.807, 2.05) is 27.7 Å². The molecule has 0 aliphatic rings. The molecule has 0 aromatic rings. The fourth-order valence-electron chi connectivity index (χ4n) is 8.51. The Bertz CT molecular complexity index is 1170. The zero-order valence-corrected chi connectivity index (χ0v) is 56.5. The predicted octanol–water partition coefficient (Wildman–Crippen LogP) is 21.8. The summed E-state index contributed by atoms with van der Waals surface area (Å²) < 4.78 is 35.8. The Kier molecular flexibility index (Phi) is 60.2. The van der Waals surface area contributed by atoms with Crippen molar-refractivity contribution in [1.82, 2.24) is 0 Å². The van der Waals surface area contributed by atoms with Crippen molar-refractivity contribution in [3.05, 3.63) is 0 Å². The standard InChI is InChI=1S/C62H120O10P2S4/c1-9-13-17-21-25-29-33-37-43-49-67-59(63)55(5)75-73(76-56(6)60(64)68-50-44-38-34-30-26-22-18-14-10-2)71-53-47-41-42-48-54-72-74(77-57(7)61(65)69-51-45-39-35-31-27-23-19-15-11-3)78-58(8)62(66)70-52-46-40-36-32-28-24-20-16-12-4/h55-58H,9-54H2,1-8H3. The number of rotatable bonds is 61. The summed E-state index contributed by atoms with van der Waals surface area (Å²) in [6, 6.07) is 0. The largest absolute Gasteiger partial charge is 0.465 e. The van der Waals surface area contributed by atoms with E-state index in [4.69, 9.17) is 28.0 Å². The summed E-state index contributed by atoms with van der Waals surface area (Å²) in [4.78, 5) is 52.5. The second kappa shape index (κ2) is 60.2. The molecule has 0 aromatic heterocycles. The van der Waals surface area contributed by atoms with Crippen molar-refractivity contribution >= 4 is 82.5 Å². The van der Waals surface area contributed by atoms with Crippen LogP contribution in [0.4, 0.5) is 0 Å². The van der Waals surface area contributed by atoms with Crippen LogP contribution in [0.5, 0.6) is 0 Å². The fraction of sp³-hybridized carbons (Fsp3) is 0.935. The number of carbonyl (C=O) groups is 4.